The van der Waals surface area contributed by atoms with E-state index in [1.165, 1.54) is 29.2 Å². The van der Waals surface area contributed by atoms with Gasteiger partial charge in [0.25, 0.3) is 0 Å². The molecule has 0 radical (unpaired) electrons. The number of anilines is 3. The molecule has 2 amide bonds. The maximum Gasteiger partial charge on any atom is 0.573 e. The molecule has 0 bridgehead atoms. The van der Waals surface area contributed by atoms with E-state index in [0.717, 1.165) is 16.9 Å². The van der Waals surface area contributed by atoms with Gasteiger partial charge < -0.3 is 34.8 Å². The SMILES string of the molecule is CCN(CC)c1cc2c(cc1C(=O)O)nc(Nc1nc3ccc(OC(F)(F)F)cc3s1)n2C.CNC(=O)N(C)C. The highest BCUT2D eigenvalue weighted by molar-refractivity contribution is 7.22. The number of aryl methyl sites for hydroxylation is 1. The summed E-state index contributed by atoms with van der Waals surface area (Å²) in [6.07, 6.45) is -4.77. The number of hydrogen-bond donors (Lipinski definition) is 3. The molecule has 0 spiro atoms. The standard InChI is InChI=1S/C21H20F3N5O3S.C4H10N2O/c1-4-29(5-2)15-10-16-14(9-12(15)18(30)31)25-19(28(16)3)27-20-26-13-7-6-11(8-17(13)33-20)32-21(22,23)24;1-5-4(7)6(2)3/h6-10H,4-5H2,1-3H3,(H,30,31)(H,25,26,27);1-3H3,(H,5,7). The van der Waals surface area contributed by atoms with Crippen LogP contribution in [0.3, 0.4) is 0 Å². The third-order valence-corrected chi connectivity index (χ3v) is 6.70. The van der Waals surface area contributed by atoms with Crippen LogP contribution in [0.25, 0.3) is 21.3 Å². The second-order valence-electron chi connectivity index (χ2n) is 8.60. The van der Waals surface area contributed by atoms with E-state index in [4.69, 9.17) is 0 Å². The van der Waals surface area contributed by atoms with Gasteiger partial charge in [-0.15, -0.1) is 13.2 Å². The molecule has 4 rings (SSSR count). The first kappa shape index (κ1) is 30.3. The van der Waals surface area contributed by atoms with Crippen molar-refractivity contribution in [3.63, 3.8) is 0 Å². The van der Waals surface area contributed by atoms with Crippen molar-refractivity contribution in [2.24, 2.45) is 7.05 Å². The summed E-state index contributed by atoms with van der Waals surface area (Å²) < 4.78 is 43.7. The average Bonchev–Trinajstić information content (AvgIpc) is 3.42. The molecule has 4 aromatic rings. The van der Waals surface area contributed by atoms with Gasteiger partial charge in [-0.05, 0) is 38.1 Å². The first-order valence-corrected chi connectivity index (χ1v) is 12.9. The molecular formula is C25H30F3N7O4S. The summed E-state index contributed by atoms with van der Waals surface area (Å²) in [6, 6.07) is 7.19. The van der Waals surface area contributed by atoms with E-state index in [1.807, 2.05) is 18.7 Å². The lowest BCUT2D eigenvalue weighted by molar-refractivity contribution is -0.274. The highest BCUT2D eigenvalue weighted by Gasteiger charge is 2.31. The Morgan fingerprint density at radius 2 is 1.77 bits per heavy atom. The Balaban J connectivity index is 0.000000559. The predicted molar refractivity (Wildman–Crippen MR) is 149 cm³/mol. The van der Waals surface area contributed by atoms with Crippen LogP contribution in [0.1, 0.15) is 24.2 Å². The molecule has 11 nitrogen and oxygen atoms in total. The number of halogens is 3. The molecule has 0 unspecified atom stereocenters. The number of imidazole rings is 1. The Labute approximate surface area is 232 Å². The number of carbonyl (C=O) groups is 2. The number of urea groups is 1. The van der Waals surface area contributed by atoms with Crippen LogP contribution < -0.4 is 20.3 Å². The molecule has 0 aliphatic carbocycles. The summed E-state index contributed by atoms with van der Waals surface area (Å²) in [5.41, 5.74) is 2.49. The van der Waals surface area contributed by atoms with Crippen molar-refractivity contribution in [1.29, 1.82) is 0 Å². The topological polar surface area (TPSA) is 125 Å². The minimum absolute atomic E-state index is 0.0694. The van der Waals surface area contributed by atoms with Crippen LogP contribution in [0.15, 0.2) is 30.3 Å². The Morgan fingerprint density at radius 3 is 2.30 bits per heavy atom. The Hall–Kier alpha value is -4.27. The van der Waals surface area contributed by atoms with E-state index in [1.54, 1.807) is 38.8 Å². The van der Waals surface area contributed by atoms with E-state index in [2.05, 4.69) is 25.3 Å². The van der Waals surface area contributed by atoms with Gasteiger partial charge in [0.15, 0.2) is 5.13 Å². The van der Waals surface area contributed by atoms with Crippen LogP contribution in [0.2, 0.25) is 0 Å². The van der Waals surface area contributed by atoms with Crippen LogP contribution in [0.4, 0.5) is 34.7 Å². The Kier molecular flexibility index (Phi) is 9.29. The van der Waals surface area contributed by atoms with Gasteiger partial charge in [-0.25, -0.2) is 19.6 Å². The quantitative estimate of drug-likeness (QED) is 0.270. The van der Waals surface area contributed by atoms with E-state index in [-0.39, 0.29) is 17.3 Å². The molecule has 2 heterocycles. The number of hydrogen-bond acceptors (Lipinski definition) is 8. The van der Waals surface area contributed by atoms with Gasteiger partial charge in [-0.3, -0.25) is 0 Å². The van der Waals surface area contributed by atoms with Gasteiger partial charge in [-0.1, -0.05) is 11.3 Å². The second-order valence-corrected chi connectivity index (χ2v) is 9.63. The number of rotatable bonds is 7. The number of amides is 2. The number of aromatic nitrogens is 3. The number of fused-ring (bicyclic) bond motifs is 2. The summed E-state index contributed by atoms with van der Waals surface area (Å²) in [5, 5.41) is 15.6. The third-order valence-electron chi connectivity index (χ3n) is 5.77. The average molecular weight is 582 g/mol. The van der Waals surface area contributed by atoms with E-state index < -0.39 is 12.3 Å². The Morgan fingerprint density at radius 1 is 1.10 bits per heavy atom. The molecule has 0 saturated carbocycles. The maximum absolute atomic E-state index is 12.5. The smallest absolute Gasteiger partial charge is 0.478 e. The minimum atomic E-state index is -4.77. The zero-order chi connectivity index (χ0) is 29.8. The number of nitrogens with one attached hydrogen (secondary N) is 2. The van der Waals surface area contributed by atoms with Crippen molar-refractivity contribution in [2.45, 2.75) is 20.2 Å². The molecule has 0 fully saturated rings. The molecule has 15 heteroatoms. The summed E-state index contributed by atoms with van der Waals surface area (Å²) in [7, 11) is 6.77. The zero-order valence-electron chi connectivity index (χ0n) is 22.8. The largest absolute Gasteiger partial charge is 0.573 e. The molecule has 216 valence electrons. The number of carbonyl (C=O) groups excluding carboxylic acids is 1. The van der Waals surface area contributed by atoms with Gasteiger partial charge in [0, 0.05) is 47.3 Å². The van der Waals surface area contributed by atoms with E-state index in [9.17, 15) is 27.9 Å². The summed E-state index contributed by atoms with van der Waals surface area (Å²) in [6.45, 7) is 5.20. The fraction of sp³-hybridized carbons (Fsp3) is 0.360. The normalized spacial score (nSPS) is 11.1. The van der Waals surface area contributed by atoms with Crippen LogP contribution in [0, 0.1) is 0 Å². The van der Waals surface area contributed by atoms with Crippen molar-refractivity contribution < 1.29 is 32.6 Å². The van der Waals surface area contributed by atoms with Crippen molar-refractivity contribution in [3.8, 4) is 5.75 Å². The first-order valence-electron chi connectivity index (χ1n) is 12.1. The van der Waals surface area contributed by atoms with Crippen molar-refractivity contribution in [2.75, 3.05) is 44.4 Å². The molecule has 0 aliphatic heterocycles. The lowest BCUT2D eigenvalue weighted by atomic mass is 10.1. The molecule has 3 N–H and O–H groups in total. The summed E-state index contributed by atoms with van der Waals surface area (Å²) in [5.74, 6) is -0.941. The number of benzene rings is 2. The molecule has 40 heavy (non-hydrogen) atoms. The predicted octanol–water partition coefficient (Wildman–Crippen LogP) is 5.26. The van der Waals surface area contributed by atoms with Gasteiger partial charge in [0.05, 0.1) is 32.5 Å². The number of carboxylic acid groups (broad SMARTS) is 1. The van der Waals surface area contributed by atoms with Gasteiger partial charge in [-0.2, -0.15) is 0 Å². The molecule has 2 aromatic heterocycles. The highest BCUT2D eigenvalue weighted by atomic mass is 32.1. The van der Waals surface area contributed by atoms with Crippen LogP contribution in [0.5, 0.6) is 5.75 Å². The fourth-order valence-electron chi connectivity index (χ4n) is 3.81. The lowest BCUT2D eigenvalue weighted by Crippen LogP contribution is -2.31. The van der Waals surface area contributed by atoms with Crippen LogP contribution in [-0.2, 0) is 7.05 Å². The van der Waals surface area contributed by atoms with Crippen molar-refractivity contribution in [1.82, 2.24) is 24.8 Å². The van der Waals surface area contributed by atoms with Gasteiger partial charge in [0.2, 0.25) is 5.95 Å². The van der Waals surface area contributed by atoms with E-state index >= 15 is 0 Å². The van der Waals surface area contributed by atoms with Crippen LogP contribution in [-0.4, -0.2) is 77.1 Å². The highest BCUT2D eigenvalue weighted by Crippen LogP contribution is 2.34. The Bertz CT molecular complexity index is 1510. The lowest BCUT2D eigenvalue weighted by Gasteiger charge is -2.23. The molecular weight excluding hydrogens is 551 g/mol. The number of aromatic carboxylic acids is 1. The monoisotopic (exact) mass is 581 g/mol. The third kappa shape index (κ3) is 7.02. The maximum atomic E-state index is 12.5. The summed E-state index contributed by atoms with van der Waals surface area (Å²) >= 11 is 1.15. The number of thiazole rings is 1. The molecule has 0 saturated heterocycles. The van der Waals surface area contributed by atoms with Crippen LogP contribution >= 0.6 is 11.3 Å². The van der Waals surface area contributed by atoms with Gasteiger partial charge >= 0.3 is 18.4 Å². The summed E-state index contributed by atoms with van der Waals surface area (Å²) in [4.78, 5) is 34.5. The van der Waals surface area contributed by atoms with Crippen molar-refractivity contribution in [3.05, 3.63) is 35.9 Å². The number of ether oxygens (including phenoxy) is 1. The zero-order valence-corrected chi connectivity index (χ0v) is 23.6. The van der Waals surface area contributed by atoms with Gasteiger partial charge in [0.1, 0.15) is 5.75 Å². The number of carboxylic acids is 1. The molecule has 0 atom stereocenters. The van der Waals surface area contributed by atoms with Crippen molar-refractivity contribution >= 4 is 61.4 Å². The first-order chi connectivity index (χ1) is 18.8. The minimum Gasteiger partial charge on any atom is -0.478 e. The second kappa shape index (κ2) is 12.3. The fourth-order valence-corrected chi connectivity index (χ4v) is 4.70. The molecule has 2 aromatic carbocycles. The molecule has 0 aliphatic rings. The number of nitrogens with zero attached hydrogens (tertiary/aromatic N) is 5. The number of alkyl halides is 3. The van der Waals surface area contributed by atoms with E-state index in [0.29, 0.717) is 45.6 Å².